The number of rotatable bonds is 6. The van der Waals surface area contributed by atoms with Gasteiger partial charge in [-0.3, -0.25) is 4.79 Å². The lowest BCUT2D eigenvalue weighted by Gasteiger charge is -2.28. The number of benzene rings is 1. The van der Waals surface area contributed by atoms with E-state index in [1.807, 2.05) is 30.3 Å². The highest BCUT2D eigenvalue weighted by Crippen LogP contribution is 2.28. The maximum atomic E-state index is 12.2. The van der Waals surface area contributed by atoms with Crippen LogP contribution in [-0.2, 0) is 11.2 Å². The van der Waals surface area contributed by atoms with Crippen LogP contribution in [0, 0.1) is 0 Å². The predicted octanol–water partition coefficient (Wildman–Crippen LogP) is 2.66. The van der Waals surface area contributed by atoms with Crippen molar-refractivity contribution in [2.45, 2.75) is 44.1 Å². The standard InChI is InChI=1S/C18H23N3O2/c19-13-18(10-4-5-11-18)21-16(22)8-9-17-20-12-15(23-17)14-6-2-1-3-7-14/h1-3,6-7,12H,4-5,8-11,13,19H2,(H,21,22). The molecule has 0 radical (unpaired) electrons. The maximum Gasteiger partial charge on any atom is 0.220 e. The van der Waals surface area contributed by atoms with E-state index in [0.29, 0.717) is 25.3 Å². The SMILES string of the molecule is NCC1(NC(=O)CCc2ncc(-c3ccccc3)o2)CCCC1. The van der Waals surface area contributed by atoms with Gasteiger partial charge in [0.15, 0.2) is 11.7 Å². The van der Waals surface area contributed by atoms with Crippen LogP contribution in [0.15, 0.2) is 40.9 Å². The van der Waals surface area contributed by atoms with E-state index in [0.717, 1.165) is 37.0 Å². The number of nitrogens with one attached hydrogen (secondary N) is 1. The first kappa shape index (κ1) is 15.7. The van der Waals surface area contributed by atoms with E-state index in [-0.39, 0.29) is 11.4 Å². The summed E-state index contributed by atoms with van der Waals surface area (Å²) in [5.41, 5.74) is 6.64. The van der Waals surface area contributed by atoms with Gasteiger partial charge in [-0.05, 0) is 12.8 Å². The van der Waals surface area contributed by atoms with Crippen molar-refractivity contribution in [3.63, 3.8) is 0 Å². The average molecular weight is 313 g/mol. The Hall–Kier alpha value is -2.14. The first-order valence-corrected chi connectivity index (χ1v) is 8.22. The van der Waals surface area contributed by atoms with E-state index in [1.165, 1.54) is 0 Å². The molecule has 1 aliphatic rings. The summed E-state index contributed by atoms with van der Waals surface area (Å²) < 4.78 is 5.73. The van der Waals surface area contributed by atoms with E-state index in [1.54, 1.807) is 6.20 Å². The molecule has 3 N–H and O–H groups in total. The summed E-state index contributed by atoms with van der Waals surface area (Å²) in [4.78, 5) is 16.4. The van der Waals surface area contributed by atoms with Crippen LogP contribution >= 0.6 is 0 Å². The molecule has 1 fully saturated rings. The van der Waals surface area contributed by atoms with E-state index in [2.05, 4.69) is 10.3 Å². The van der Waals surface area contributed by atoms with Crippen LogP contribution in [-0.4, -0.2) is 23.0 Å². The molecule has 0 bridgehead atoms. The van der Waals surface area contributed by atoms with Crippen molar-refractivity contribution in [1.29, 1.82) is 0 Å². The summed E-state index contributed by atoms with van der Waals surface area (Å²) in [6.07, 6.45) is 6.81. The molecule has 0 saturated heterocycles. The lowest BCUT2D eigenvalue weighted by Crippen LogP contribution is -2.51. The Morgan fingerprint density at radius 3 is 2.70 bits per heavy atom. The van der Waals surface area contributed by atoms with Crippen molar-refractivity contribution >= 4 is 5.91 Å². The van der Waals surface area contributed by atoms with E-state index in [4.69, 9.17) is 10.2 Å². The van der Waals surface area contributed by atoms with Crippen LogP contribution < -0.4 is 11.1 Å². The second kappa shape index (κ2) is 6.96. The van der Waals surface area contributed by atoms with Crippen LogP contribution in [0.3, 0.4) is 0 Å². The fourth-order valence-electron chi connectivity index (χ4n) is 3.17. The first-order valence-electron chi connectivity index (χ1n) is 8.22. The van der Waals surface area contributed by atoms with Crippen LogP contribution in [0.2, 0.25) is 0 Å². The lowest BCUT2D eigenvalue weighted by molar-refractivity contribution is -0.122. The Bertz CT molecular complexity index is 645. The minimum absolute atomic E-state index is 0.0248. The van der Waals surface area contributed by atoms with Gasteiger partial charge in [0.2, 0.25) is 5.91 Å². The summed E-state index contributed by atoms with van der Waals surface area (Å²) >= 11 is 0. The molecule has 23 heavy (non-hydrogen) atoms. The summed E-state index contributed by atoms with van der Waals surface area (Å²) in [5, 5.41) is 3.12. The van der Waals surface area contributed by atoms with Crippen LogP contribution in [0.4, 0.5) is 0 Å². The van der Waals surface area contributed by atoms with Gasteiger partial charge in [0.25, 0.3) is 0 Å². The molecule has 5 heteroatoms. The van der Waals surface area contributed by atoms with Crippen molar-refractivity contribution in [2.75, 3.05) is 6.54 Å². The number of nitrogens with two attached hydrogens (primary N) is 1. The Balaban J connectivity index is 1.54. The normalized spacial score (nSPS) is 16.4. The summed E-state index contributed by atoms with van der Waals surface area (Å²) in [7, 11) is 0. The number of aryl methyl sites for hydroxylation is 1. The number of carbonyl (C=O) groups is 1. The van der Waals surface area contributed by atoms with Crippen molar-refractivity contribution in [3.8, 4) is 11.3 Å². The van der Waals surface area contributed by atoms with Gasteiger partial charge in [-0.25, -0.2) is 4.98 Å². The van der Waals surface area contributed by atoms with Gasteiger partial charge in [0.05, 0.1) is 11.7 Å². The largest absolute Gasteiger partial charge is 0.441 e. The fourth-order valence-corrected chi connectivity index (χ4v) is 3.17. The Kier molecular flexibility index (Phi) is 4.76. The molecule has 0 spiro atoms. The zero-order valence-electron chi connectivity index (χ0n) is 13.3. The average Bonchev–Trinajstić information content (AvgIpc) is 3.24. The van der Waals surface area contributed by atoms with E-state index >= 15 is 0 Å². The first-order chi connectivity index (χ1) is 11.2. The molecule has 1 heterocycles. The molecule has 1 saturated carbocycles. The Morgan fingerprint density at radius 2 is 2.00 bits per heavy atom. The topological polar surface area (TPSA) is 81.1 Å². The van der Waals surface area contributed by atoms with Gasteiger partial charge in [0.1, 0.15) is 0 Å². The summed E-state index contributed by atoms with van der Waals surface area (Å²) in [6.45, 7) is 0.510. The number of nitrogens with zero attached hydrogens (tertiary/aromatic N) is 1. The highest BCUT2D eigenvalue weighted by Gasteiger charge is 2.33. The van der Waals surface area contributed by atoms with Gasteiger partial charge < -0.3 is 15.5 Å². The zero-order chi connectivity index (χ0) is 16.1. The molecule has 1 aromatic carbocycles. The van der Waals surface area contributed by atoms with Crippen molar-refractivity contribution < 1.29 is 9.21 Å². The molecular formula is C18H23N3O2. The Labute approximate surface area is 136 Å². The minimum atomic E-state index is -0.192. The third-order valence-corrected chi connectivity index (χ3v) is 4.53. The summed E-state index contributed by atoms with van der Waals surface area (Å²) in [5.74, 6) is 1.35. The molecule has 3 rings (SSSR count). The van der Waals surface area contributed by atoms with Gasteiger partial charge in [-0.2, -0.15) is 0 Å². The molecule has 0 atom stereocenters. The van der Waals surface area contributed by atoms with Crippen LogP contribution in [0.25, 0.3) is 11.3 Å². The molecule has 0 aliphatic heterocycles. The minimum Gasteiger partial charge on any atom is -0.441 e. The number of carbonyl (C=O) groups excluding carboxylic acids is 1. The molecule has 1 aliphatic carbocycles. The quantitative estimate of drug-likeness (QED) is 0.859. The Morgan fingerprint density at radius 1 is 1.26 bits per heavy atom. The number of aromatic nitrogens is 1. The maximum absolute atomic E-state index is 12.2. The highest BCUT2D eigenvalue weighted by atomic mass is 16.4. The van der Waals surface area contributed by atoms with Crippen molar-refractivity contribution in [1.82, 2.24) is 10.3 Å². The lowest BCUT2D eigenvalue weighted by atomic mass is 9.97. The summed E-state index contributed by atoms with van der Waals surface area (Å²) in [6, 6.07) is 9.82. The molecule has 122 valence electrons. The smallest absolute Gasteiger partial charge is 0.220 e. The van der Waals surface area contributed by atoms with Gasteiger partial charge in [-0.15, -0.1) is 0 Å². The van der Waals surface area contributed by atoms with Gasteiger partial charge >= 0.3 is 0 Å². The molecule has 2 aromatic rings. The molecule has 5 nitrogen and oxygen atoms in total. The van der Waals surface area contributed by atoms with Gasteiger partial charge in [-0.1, -0.05) is 43.2 Å². The number of oxazole rings is 1. The third-order valence-electron chi connectivity index (χ3n) is 4.53. The zero-order valence-corrected chi connectivity index (χ0v) is 13.3. The highest BCUT2D eigenvalue weighted by molar-refractivity contribution is 5.77. The molecule has 1 aromatic heterocycles. The number of hydrogen-bond donors (Lipinski definition) is 2. The second-order valence-corrected chi connectivity index (χ2v) is 6.22. The third kappa shape index (κ3) is 3.79. The molecular weight excluding hydrogens is 290 g/mol. The molecule has 0 unspecified atom stereocenters. The molecule has 1 amide bonds. The van der Waals surface area contributed by atoms with Crippen LogP contribution in [0.1, 0.15) is 38.0 Å². The van der Waals surface area contributed by atoms with Crippen molar-refractivity contribution in [2.24, 2.45) is 5.73 Å². The monoisotopic (exact) mass is 313 g/mol. The van der Waals surface area contributed by atoms with Gasteiger partial charge in [0, 0.05) is 24.9 Å². The number of amides is 1. The predicted molar refractivity (Wildman–Crippen MR) is 88.7 cm³/mol. The number of hydrogen-bond acceptors (Lipinski definition) is 4. The van der Waals surface area contributed by atoms with Crippen molar-refractivity contribution in [3.05, 3.63) is 42.4 Å². The van der Waals surface area contributed by atoms with E-state index < -0.39 is 0 Å². The van der Waals surface area contributed by atoms with E-state index in [9.17, 15) is 4.79 Å². The fraction of sp³-hybridized carbons (Fsp3) is 0.444. The second-order valence-electron chi connectivity index (χ2n) is 6.22. The van der Waals surface area contributed by atoms with Crippen LogP contribution in [0.5, 0.6) is 0 Å².